The van der Waals surface area contributed by atoms with Crippen molar-refractivity contribution in [2.45, 2.75) is 22.4 Å². The minimum Gasteiger partial charge on any atom is -0.484 e. The van der Waals surface area contributed by atoms with Crippen LogP contribution in [0.25, 0.3) is 0 Å². The molecular formula is C29H19ClF3N3O5S2. The van der Waals surface area contributed by atoms with E-state index in [0.29, 0.717) is 31.9 Å². The van der Waals surface area contributed by atoms with E-state index in [4.69, 9.17) is 16.3 Å². The van der Waals surface area contributed by atoms with Crippen LogP contribution in [0.15, 0.2) is 82.6 Å². The van der Waals surface area contributed by atoms with Gasteiger partial charge < -0.3 is 15.0 Å². The Morgan fingerprint density at radius 1 is 1.00 bits per heavy atom. The number of carbonyl (C=O) groups excluding carboxylic acids is 3. The molecule has 3 aromatic carbocycles. The maximum atomic E-state index is 13.8. The summed E-state index contributed by atoms with van der Waals surface area (Å²) in [7, 11) is 0. The first-order chi connectivity index (χ1) is 20.5. The molecular weight excluding hydrogens is 627 g/mol. The van der Waals surface area contributed by atoms with E-state index in [9.17, 15) is 32.3 Å². The molecule has 0 spiro atoms. The summed E-state index contributed by atoms with van der Waals surface area (Å²) in [6.07, 6.45) is -4.66. The maximum absolute atomic E-state index is 13.8. The van der Waals surface area contributed by atoms with Crippen LogP contribution < -0.4 is 19.8 Å². The molecule has 0 aliphatic carbocycles. The Bertz CT molecular complexity index is 1810. The van der Waals surface area contributed by atoms with E-state index < -0.39 is 46.5 Å². The Hall–Kier alpha value is -4.07. The van der Waals surface area contributed by atoms with Crippen LogP contribution in [-0.4, -0.2) is 34.6 Å². The molecule has 220 valence electrons. The van der Waals surface area contributed by atoms with Crippen LogP contribution in [0.2, 0.25) is 5.02 Å². The Kier molecular flexibility index (Phi) is 7.57. The van der Waals surface area contributed by atoms with Gasteiger partial charge in [-0.25, -0.2) is 4.90 Å². The fraction of sp³-hybridized carbons (Fsp3) is 0.172. The van der Waals surface area contributed by atoms with Gasteiger partial charge in [-0.3, -0.25) is 19.2 Å². The Balaban J connectivity index is 1.29. The molecule has 6 rings (SSSR count). The summed E-state index contributed by atoms with van der Waals surface area (Å²) in [5.74, 6) is -3.26. The zero-order chi connectivity index (χ0) is 30.5. The number of nitrogens with one attached hydrogen (secondary N) is 2. The molecule has 0 saturated carbocycles. The van der Waals surface area contributed by atoms with Gasteiger partial charge in [0.05, 0.1) is 22.2 Å². The van der Waals surface area contributed by atoms with Crippen molar-refractivity contribution in [2.24, 2.45) is 5.92 Å². The molecule has 0 radical (unpaired) electrons. The number of fused-ring (bicyclic) bond motifs is 2. The highest BCUT2D eigenvalue weighted by atomic mass is 35.5. The van der Waals surface area contributed by atoms with Crippen molar-refractivity contribution < 1.29 is 32.3 Å². The first-order valence-electron chi connectivity index (χ1n) is 12.7. The van der Waals surface area contributed by atoms with Crippen molar-refractivity contribution in [3.63, 3.8) is 0 Å². The van der Waals surface area contributed by atoms with E-state index in [1.165, 1.54) is 6.07 Å². The number of hydrogen-bond donors (Lipinski definition) is 2. The summed E-state index contributed by atoms with van der Waals surface area (Å²) < 4.78 is 45.9. The minimum atomic E-state index is -4.66. The van der Waals surface area contributed by atoms with Gasteiger partial charge in [-0.1, -0.05) is 52.9 Å². The van der Waals surface area contributed by atoms with Gasteiger partial charge in [0.2, 0.25) is 11.8 Å². The molecule has 1 saturated heterocycles. The summed E-state index contributed by atoms with van der Waals surface area (Å²) in [5, 5.41) is 2.64. The van der Waals surface area contributed by atoms with Gasteiger partial charge >= 0.3 is 11.0 Å². The van der Waals surface area contributed by atoms with Gasteiger partial charge in [-0.15, -0.1) is 0 Å². The number of anilines is 2. The van der Waals surface area contributed by atoms with Crippen LogP contribution in [0, 0.1) is 5.92 Å². The highest BCUT2D eigenvalue weighted by Gasteiger charge is 2.56. The number of thiazole rings is 1. The third-order valence-electron chi connectivity index (χ3n) is 6.97. The second kappa shape index (κ2) is 11.2. The summed E-state index contributed by atoms with van der Waals surface area (Å²) in [6, 6.07) is 17.2. The number of carbonyl (C=O) groups is 3. The van der Waals surface area contributed by atoms with Crippen molar-refractivity contribution >= 4 is 63.8 Å². The number of thioether (sulfide) groups is 1. The number of rotatable bonds is 6. The van der Waals surface area contributed by atoms with Crippen LogP contribution in [-0.2, 0) is 20.6 Å². The van der Waals surface area contributed by atoms with Crippen LogP contribution >= 0.6 is 34.7 Å². The predicted octanol–water partition coefficient (Wildman–Crippen LogP) is 5.92. The molecule has 8 nitrogen and oxygen atoms in total. The number of amides is 3. The SMILES string of the molecule is O=C(COc1cccc([C@@H]2c3sc(=O)[nH]c3S[C@H]3C(=O)N(c4cccc(C(F)(F)F)c4)C(=O)[C@@H]23)c1)Nc1ccc(Cl)cc1. The average molecular weight is 646 g/mol. The monoisotopic (exact) mass is 645 g/mol. The third kappa shape index (κ3) is 5.67. The molecule has 1 aromatic heterocycles. The summed E-state index contributed by atoms with van der Waals surface area (Å²) in [5.41, 5.74) is -0.103. The molecule has 14 heteroatoms. The van der Waals surface area contributed by atoms with Crippen molar-refractivity contribution in [3.8, 4) is 5.75 Å². The van der Waals surface area contributed by atoms with Crippen molar-refractivity contribution in [3.05, 3.63) is 103 Å². The van der Waals surface area contributed by atoms with Gasteiger partial charge in [0, 0.05) is 21.5 Å². The standard InChI is InChI=1S/C29H19ClF3N3O5S2/c30-16-7-9-17(10-8-16)34-20(37)13-41-19-6-1-3-14(11-19)21-22-24(42-25-23(21)43-28(40)35-25)27(39)36(26(22)38)18-5-2-4-15(12-18)29(31,32)33/h1-12,21-22,24H,13H2,(H,34,37)(H,35,40)/t21-,22-,24+/m0/s1. The second-order valence-electron chi connectivity index (χ2n) is 9.73. The van der Waals surface area contributed by atoms with Gasteiger partial charge in [0.1, 0.15) is 11.0 Å². The van der Waals surface area contributed by atoms with Crippen LogP contribution in [0.4, 0.5) is 24.5 Å². The largest absolute Gasteiger partial charge is 0.484 e. The van der Waals surface area contributed by atoms with Crippen molar-refractivity contribution in [1.29, 1.82) is 0 Å². The first-order valence-corrected chi connectivity index (χ1v) is 14.8. The molecule has 43 heavy (non-hydrogen) atoms. The lowest BCUT2D eigenvalue weighted by molar-refractivity contribution is -0.137. The van der Waals surface area contributed by atoms with Gasteiger partial charge in [-0.05, 0) is 60.2 Å². The number of benzene rings is 3. The van der Waals surface area contributed by atoms with Gasteiger partial charge in [-0.2, -0.15) is 13.2 Å². The second-order valence-corrected chi connectivity index (χ2v) is 12.3. The average Bonchev–Trinajstić information content (AvgIpc) is 3.47. The van der Waals surface area contributed by atoms with E-state index >= 15 is 0 Å². The third-order valence-corrected chi connectivity index (χ3v) is 9.62. The van der Waals surface area contributed by atoms with E-state index in [2.05, 4.69) is 10.3 Å². The molecule has 3 heterocycles. The van der Waals surface area contributed by atoms with E-state index in [0.717, 1.165) is 46.2 Å². The van der Waals surface area contributed by atoms with Crippen LogP contribution in [0.3, 0.4) is 0 Å². The Morgan fingerprint density at radius 3 is 2.49 bits per heavy atom. The molecule has 3 amide bonds. The molecule has 0 unspecified atom stereocenters. The molecule has 0 bridgehead atoms. The molecule has 4 aromatic rings. The first kappa shape index (κ1) is 29.0. The summed E-state index contributed by atoms with van der Waals surface area (Å²) >= 11 is 7.79. The Morgan fingerprint density at radius 2 is 1.74 bits per heavy atom. The predicted molar refractivity (Wildman–Crippen MR) is 156 cm³/mol. The minimum absolute atomic E-state index is 0.181. The zero-order valence-corrected chi connectivity index (χ0v) is 24.1. The number of imide groups is 1. The number of aromatic amines is 1. The highest BCUT2D eigenvalue weighted by Crippen LogP contribution is 2.53. The molecule has 2 aliphatic rings. The number of alkyl halides is 3. The van der Waals surface area contributed by atoms with Crippen molar-refractivity contribution in [2.75, 3.05) is 16.8 Å². The maximum Gasteiger partial charge on any atom is 0.416 e. The van der Waals surface area contributed by atoms with Gasteiger partial charge in [0.25, 0.3) is 5.91 Å². The van der Waals surface area contributed by atoms with E-state index in [1.807, 2.05) is 0 Å². The van der Waals surface area contributed by atoms with Crippen LogP contribution in [0.5, 0.6) is 5.75 Å². The van der Waals surface area contributed by atoms with Crippen LogP contribution in [0.1, 0.15) is 21.9 Å². The molecule has 3 atom stereocenters. The quantitative estimate of drug-likeness (QED) is 0.252. The number of halogens is 4. The highest BCUT2D eigenvalue weighted by molar-refractivity contribution is 8.00. The lowest BCUT2D eigenvalue weighted by Gasteiger charge is -2.30. The summed E-state index contributed by atoms with van der Waals surface area (Å²) in [6.45, 7) is -0.331. The lowest BCUT2D eigenvalue weighted by Crippen LogP contribution is -2.32. The molecule has 2 aliphatic heterocycles. The summed E-state index contributed by atoms with van der Waals surface area (Å²) in [4.78, 5) is 55.8. The number of ether oxygens (including phenoxy) is 1. The van der Waals surface area contributed by atoms with Gasteiger partial charge in [0.15, 0.2) is 6.61 Å². The Labute approximate surface area is 254 Å². The fourth-order valence-electron chi connectivity index (χ4n) is 5.13. The van der Waals surface area contributed by atoms with Crippen molar-refractivity contribution in [1.82, 2.24) is 4.98 Å². The fourth-order valence-corrected chi connectivity index (χ4v) is 7.77. The smallest absolute Gasteiger partial charge is 0.416 e. The number of hydrogen-bond acceptors (Lipinski definition) is 7. The zero-order valence-electron chi connectivity index (χ0n) is 21.7. The van der Waals surface area contributed by atoms with E-state index in [1.54, 1.807) is 48.5 Å². The molecule has 2 N–H and O–H groups in total. The number of aromatic nitrogens is 1. The topological polar surface area (TPSA) is 109 Å². The molecule has 1 fully saturated rings. The van der Waals surface area contributed by atoms with E-state index in [-0.39, 0.29) is 17.2 Å². The lowest BCUT2D eigenvalue weighted by atomic mass is 9.83. The normalized spacial score (nSPS) is 19.6. The number of H-pyrrole nitrogens is 1. The number of nitrogens with zero attached hydrogens (tertiary/aromatic N) is 1.